The largest absolute Gasteiger partial charge is 0.356 e. The lowest BCUT2D eigenvalue weighted by molar-refractivity contribution is -0.120. The Labute approximate surface area is 184 Å². The van der Waals surface area contributed by atoms with Gasteiger partial charge in [-0.3, -0.25) is 14.8 Å². The molecule has 0 fully saturated rings. The van der Waals surface area contributed by atoms with E-state index in [1.807, 2.05) is 31.3 Å². The zero-order valence-corrected chi connectivity index (χ0v) is 18.1. The first-order valence-electron chi connectivity index (χ1n) is 10.5. The van der Waals surface area contributed by atoms with Gasteiger partial charge in [-0.1, -0.05) is 6.07 Å². The van der Waals surface area contributed by atoms with Crippen LogP contribution in [0.25, 0.3) is 32.6 Å². The Balaban J connectivity index is 1.63. The van der Waals surface area contributed by atoms with Gasteiger partial charge in [0.05, 0.1) is 22.3 Å². The van der Waals surface area contributed by atoms with Crippen molar-refractivity contribution in [1.29, 1.82) is 0 Å². The van der Waals surface area contributed by atoms with Crippen LogP contribution < -0.4 is 10.6 Å². The van der Waals surface area contributed by atoms with Crippen molar-refractivity contribution in [2.24, 2.45) is 0 Å². The Bertz CT molecular complexity index is 1250. The molecule has 31 heavy (non-hydrogen) atoms. The molecule has 5 rings (SSSR count). The third kappa shape index (κ3) is 4.06. The number of carbonyl (C=O) groups excluding carboxylic acids is 1. The molecule has 0 aliphatic carbocycles. The van der Waals surface area contributed by atoms with E-state index in [0.29, 0.717) is 6.54 Å². The van der Waals surface area contributed by atoms with Crippen LogP contribution in [0.5, 0.6) is 0 Å². The molecular formula is C24H23N5OS. The number of carbonyl (C=O) groups is 1. The molecule has 3 aromatic heterocycles. The number of rotatable bonds is 5. The summed E-state index contributed by atoms with van der Waals surface area (Å²) in [5.41, 5.74) is 7.37. The van der Waals surface area contributed by atoms with Crippen LogP contribution in [0.4, 0.5) is 0 Å². The lowest BCUT2D eigenvalue weighted by atomic mass is 9.98. The van der Waals surface area contributed by atoms with E-state index >= 15 is 0 Å². The molecular weight excluding hydrogens is 406 g/mol. The van der Waals surface area contributed by atoms with Crippen LogP contribution in [0.15, 0.2) is 48.8 Å². The number of likely N-dealkylation sites (N-methyl/N-ethyl adjacent to an activating group) is 1. The maximum absolute atomic E-state index is 12.1. The van der Waals surface area contributed by atoms with E-state index in [1.54, 1.807) is 17.5 Å². The predicted octanol–water partition coefficient (Wildman–Crippen LogP) is 3.74. The maximum Gasteiger partial charge on any atom is 0.226 e. The van der Waals surface area contributed by atoms with Gasteiger partial charge in [-0.2, -0.15) is 0 Å². The van der Waals surface area contributed by atoms with Gasteiger partial charge in [0.1, 0.15) is 5.01 Å². The van der Waals surface area contributed by atoms with Gasteiger partial charge < -0.3 is 10.6 Å². The SMILES string of the molecule is CCNC(=O)Cc1nc2cc(-c3cnc4c(c3)CNCC4)cc(-c3ccccn3)c2s1. The van der Waals surface area contributed by atoms with Crippen molar-refractivity contribution in [3.8, 4) is 22.4 Å². The summed E-state index contributed by atoms with van der Waals surface area (Å²) in [7, 11) is 0. The predicted molar refractivity (Wildman–Crippen MR) is 124 cm³/mol. The summed E-state index contributed by atoms with van der Waals surface area (Å²) in [5.74, 6) is -0.00690. The van der Waals surface area contributed by atoms with Crippen molar-refractivity contribution in [2.75, 3.05) is 13.1 Å². The molecule has 4 aromatic rings. The van der Waals surface area contributed by atoms with Crippen LogP contribution in [0, 0.1) is 0 Å². The van der Waals surface area contributed by atoms with Crippen molar-refractivity contribution in [3.63, 3.8) is 0 Å². The molecule has 1 aromatic carbocycles. The second-order valence-corrected chi connectivity index (χ2v) is 8.67. The summed E-state index contributed by atoms with van der Waals surface area (Å²) in [6.45, 7) is 4.36. The van der Waals surface area contributed by atoms with Crippen molar-refractivity contribution >= 4 is 27.5 Å². The average Bonchev–Trinajstić information content (AvgIpc) is 3.21. The standard InChI is InChI=1S/C24H23N5OS/c1-2-26-22(30)12-23-29-21-11-15(16-9-17-13-25-8-6-19(17)28-14-16)10-18(24(21)31-23)20-5-3-4-7-27-20/h3-5,7,9-11,14,25H,2,6,8,12-13H2,1H3,(H,26,30). The number of benzene rings is 1. The number of amides is 1. The molecule has 0 saturated carbocycles. The maximum atomic E-state index is 12.1. The van der Waals surface area contributed by atoms with Gasteiger partial charge in [0, 0.05) is 55.3 Å². The van der Waals surface area contributed by atoms with E-state index in [4.69, 9.17) is 9.97 Å². The third-order valence-electron chi connectivity index (χ3n) is 5.41. The fraction of sp³-hybridized carbons (Fsp3) is 0.250. The van der Waals surface area contributed by atoms with Gasteiger partial charge in [-0.15, -0.1) is 11.3 Å². The topological polar surface area (TPSA) is 79.8 Å². The number of nitrogens with one attached hydrogen (secondary N) is 2. The highest BCUT2D eigenvalue weighted by Crippen LogP contribution is 2.37. The highest BCUT2D eigenvalue weighted by Gasteiger charge is 2.17. The zero-order valence-electron chi connectivity index (χ0n) is 17.3. The first-order chi connectivity index (χ1) is 15.2. The van der Waals surface area contributed by atoms with Crippen molar-refractivity contribution in [3.05, 3.63) is 65.1 Å². The Morgan fingerprint density at radius 3 is 2.97 bits per heavy atom. The van der Waals surface area contributed by atoms with Crippen LogP contribution in [0.1, 0.15) is 23.2 Å². The van der Waals surface area contributed by atoms with Crippen LogP contribution in [0.3, 0.4) is 0 Å². The normalized spacial score (nSPS) is 13.2. The Kier molecular flexibility index (Phi) is 5.44. The number of aromatic nitrogens is 3. The Morgan fingerprint density at radius 1 is 1.19 bits per heavy atom. The molecule has 4 heterocycles. The first kappa shape index (κ1) is 19.8. The highest BCUT2D eigenvalue weighted by molar-refractivity contribution is 7.19. The average molecular weight is 430 g/mol. The molecule has 0 radical (unpaired) electrons. The van der Waals surface area contributed by atoms with Crippen molar-refractivity contribution in [1.82, 2.24) is 25.6 Å². The molecule has 1 amide bonds. The van der Waals surface area contributed by atoms with Crippen LogP contribution in [-0.2, 0) is 24.2 Å². The number of nitrogens with zero attached hydrogens (tertiary/aromatic N) is 3. The minimum atomic E-state index is -0.00690. The van der Waals surface area contributed by atoms with Gasteiger partial charge in [0.15, 0.2) is 0 Å². The third-order valence-corrected chi connectivity index (χ3v) is 6.51. The molecule has 0 unspecified atom stereocenters. The van der Waals surface area contributed by atoms with Gasteiger partial charge in [-0.25, -0.2) is 4.98 Å². The van der Waals surface area contributed by atoms with E-state index < -0.39 is 0 Å². The van der Waals surface area contributed by atoms with Crippen LogP contribution >= 0.6 is 11.3 Å². The second-order valence-electron chi connectivity index (χ2n) is 7.58. The highest BCUT2D eigenvalue weighted by atomic mass is 32.1. The zero-order chi connectivity index (χ0) is 21.2. The summed E-state index contributed by atoms with van der Waals surface area (Å²) in [6, 6.07) is 12.4. The summed E-state index contributed by atoms with van der Waals surface area (Å²) in [4.78, 5) is 26.2. The minimum absolute atomic E-state index is 0.00690. The molecule has 0 bridgehead atoms. The Morgan fingerprint density at radius 2 is 2.13 bits per heavy atom. The Hall–Kier alpha value is -3.16. The second kappa shape index (κ2) is 8.53. The van der Waals surface area contributed by atoms with Crippen molar-refractivity contribution < 1.29 is 4.79 Å². The van der Waals surface area contributed by atoms with Crippen molar-refractivity contribution in [2.45, 2.75) is 26.3 Å². The van der Waals surface area contributed by atoms with Crippen LogP contribution in [0.2, 0.25) is 0 Å². The number of thiazole rings is 1. The quantitative estimate of drug-likeness (QED) is 0.505. The van der Waals surface area contributed by atoms with Gasteiger partial charge >= 0.3 is 0 Å². The summed E-state index contributed by atoms with van der Waals surface area (Å²) in [5, 5.41) is 7.08. The first-order valence-corrected chi connectivity index (χ1v) is 11.3. The van der Waals surface area contributed by atoms with E-state index in [1.165, 1.54) is 11.3 Å². The number of fused-ring (bicyclic) bond motifs is 2. The van der Waals surface area contributed by atoms with Crippen LogP contribution in [-0.4, -0.2) is 33.9 Å². The molecule has 1 aliphatic heterocycles. The smallest absolute Gasteiger partial charge is 0.226 e. The van der Waals surface area contributed by atoms with E-state index in [-0.39, 0.29) is 12.3 Å². The molecule has 7 heteroatoms. The van der Waals surface area contributed by atoms with Gasteiger partial charge in [0.2, 0.25) is 5.91 Å². The summed E-state index contributed by atoms with van der Waals surface area (Å²) < 4.78 is 1.05. The monoisotopic (exact) mass is 429 g/mol. The summed E-state index contributed by atoms with van der Waals surface area (Å²) in [6.07, 6.45) is 5.01. The molecule has 0 saturated heterocycles. The number of hydrogen-bond acceptors (Lipinski definition) is 6. The fourth-order valence-corrected chi connectivity index (χ4v) is 5.00. The van der Waals surface area contributed by atoms with E-state index in [9.17, 15) is 4.79 Å². The molecule has 1 aliphatic rings. The van der Waals surface area contributed by atoms with Gasteiger partial charge in [-0.05, 0) is 48.4 Å². The molecule has 0 spiro atoms. The summed E-state index contributed by atoms with van der Waals surface area (Å²) >= 11 is 1.56. The molecule has 156 valence electrons. The van der Waals surface area contributed by atoms with E-state index in [0.717, 1.165) is 57.1 Å². The van der Waals surface area contributed by atoms with Gasteiger partial charge in [0.25, 0.3) is 0 Å². The van der Waals surface area contributed by atoms with E-state index in [2.05, 4.69) is 33.8 Å². The molecule has 6 nitrogen and oxygen atoms in total. The number of hydrogen-bond donors (Lipinski definition) is 2. The fourth-order valence-electron chi connectivity index (χ4n) is 3.94. The lowest BCUT2D eigenvalue weighted by Crippen LogP contribution is -2.24. The molecule has 2 N–H and O–H groups in total. The lowest BCUT2D eigenvalue weighted by Gasteiger charge is -2.17. The molecule has 0 atom stereocenters. The minimum Gasteiger partial charge on any atom is -0.356 e. The number of pyridine rings is 2.